The minimum atomic E-state index is -0.228. The monoisotopic (exact) mass is 281 g/mol. The molecular weight excluding hydrogens is 262 g/mol. The summed E-state index contributed by atoms with van der Waals surface area (Å²) < 4.78 is 0. The summed E-state index contributed by atoms with van der Waals surface area (Å²) in [5.74, 6) is -0.295. The first kappa shape index (κ1) is 14.2. The molecule has 0 heterocycles. The number of phenolic OH excluding ortho intramolecular Hbond substituents is 1. The molecule has 104 valence electrons. The SMILES string of the molecule is CCC1(CNC(=O)c2ccc(Cl)cc2O)CCCC1. The molecule has 1 aromatic rings. The van der Waals surface area contributed by atoms with Crippen molar-refractivity contribution in [1.29, 1.82) is 0 Å². The number of nitrogens with one attached hydrogen (secondary N) is 1. The molecule has 1 saturated carbocycles. The van der Waals surface area contributed by atoms with Crippen LogP contribution in [-0.4, -0.2) is 17.6 Å². The molecule has 0 aromatic heterocycles. The fraction of sp³-hybridized carbons (Fsp3) is 0.533. The van der Waals surface area contributed by atoms with Crippen molar-refractivity contribution >= 4 is 17.5 Å². The largest absolute Gasteiger partial charge is 0.507 e. The predicted octanol–water partition coefficient (Wildman–Crippen LogP) is 3.75. The molecule has 1 fully saturated rings. The number of benzene rings is 1. The Morgan fingerprint density at radius 2 is 2.11 bits per heavy atom. The van der Waals surface area contributed by atoms with Crippen LogP contribution in [0, 0.1) is 5.41 Å². The zero-order valence-electron chi connectivity index (χ0n) is 11.2. The van der Waals surface area contributed by atoms with E-state index >= 15 is 0 Å². The minimum Gasteiger partial charge on any atom is -0.507 e. The number of amides is 1. The van der Waals surface area contributed by atoms with Gasteiger partial charge in [-0.3, -0.25) is 4.79 Å². The number of carbonyl (C=O) groups excluding carboxylic acids is 1. The summed E-state index contributed by atoms with van der Waals surface area (Å²) in [6.45, 7) is 2.86. The summed E-state index contributed by atoms with van der Waals surface area (Å²) in [6, 6.07) is 4.56. The summed E-state index contributed by atoms with van der Waals surface area (Å²) in [6.07, 6.45) is 5.93. The number of carbonyl (C=O) groups is 1. The van der Waals surface area contributed by atoms with Gasteiger partial charge in [0.15, 0.2) is 0 Å². The maximum Gasteiger partial charge on any atom is 0.255 e. The first-order valence-corrected chi connectivity index (χ1v) is 7.21. The lowest BCUT2D eigenvalue weighted by molar-refractivity contribution is 0.0926. The van der Waals surface area contributed by atoms with Crippen LogP contribution in [0.15, 0.2) is 18.2 Å². The lowest BCUT2D eigenvalue weighted by Crippen LogP contribution is -2.35. The summed E-state index contributed by atoms with van der Waals surface area (Å²) >= 11 is 5.76. The fourth-order valence-electron chi connectivity index (χ4n) is 2.84. The van der Waals surface area contributed by atoms with Gasteiger partial charge in [-0.2, -0.15) is 0 Å². The summed E-state index contributed by atoms with van der Waals surface area (Å²) in [4.78, 5) is 12.1. The van der Waals surface area contributed by atoms with E-state index in [9.17, 15) is 9.90 Å². The fourth-order valence-corrected chi connectivity index (χ4v) is 3.01. The summed E-state index contributed by atoms with van der Waals surface area (Å²) in [7, 11) is 0. The third kappa shape index (κ3) is 3.21. The summed E-state index contributed by atoms with van der Waals surface area (Å²) in [5, 5.41) is 13.1. The van der Waals surface area contributed by atoms with E-state index in [1.165, 1.54) is 31.7 Å². The van der Waals surface area contributed by atoms with Crippen LogP contribution in [0.5, 0.6) is 5.75 Å². The second kappa shape index (κ2) is 5.83. The van der Waals surface area contributed by atoms with Crippen LogP contribution in [0.1, 0.15) is 49.4 Å². The maximum absolute atomic E-state index is 12.1. The van der Waals surface area contributed by atoms with E-state index < -0.39 is 0 Å². The van der Waals surface area contributed by atoms with E-state index in [1.54, 1.807) is 12.1 Å². The van der Waals surface area contributed by atoms with Gasteiger partial charge in [0.25, 0.3) is 5.91 Å². The van der Waals surface area contributed by atoms with Gasteiger partial charge in [0.05, 0.1) is 5.56 Å². The molecule has 0 spiro atoms. The van der Waals surface area contributed by atoms with Crippen LogP contribution in [0.25, 0.3) is 0 Å². The molecule has 0 aliphatic heterocycles. The molecule has 3 nitrogen and oxygen atoms in total. The highest BCUT2D eigenvalue weighted by atomic mass is 35.5. The Labute approximate surface area is 119 Å². The maximum atomic E-state index is 12.1. The van der Waals surface area contributed by atoms with Crippen molar-refractivity contribution in [2.24, 2.45) is 5.41 Å². The third-order valence-corrected chi connectivity index (χ3v) is 4.48. The number of hydrogen-bond donors (Lipinski definition) is 2. The lowest BCUT2D eigenvalue weighted by atomic mass is 9.83. The second-order valence-corrected chi connectivity index (χ2v) is 5.84. The molecule has 2 N–H and O–H groups in total. The second-order valence-electron chi connectivity index (χ2n) is 5.40. The Morgan fingerprint density at radius 1 is 1.42 bits per heavy atom. The van der Waals surface area contributed by atoms with E-state index in [0.29, 0.717) is 11.6 Å². The quantitative estimate of drug-likeness (QED) is 0.883. The smallest absolute Gasteiger partial charge is 0.255 e. The van der Waals surface area contributed by atoms with Crippen molar-refractivity contribution in [2.75, 3.05) is 6.54 Å². The Morgan fingerprint density at radius 3 is 2.68 bits per heavy atom. The number of aromatic hydroxyl groups is 1. The number of rotatable bonds is 4. The molecule has 1 amide bonds. The van der Waals surface area contributed by atoms with Crippen LogP contribution >= 0.6 is 11.6 Å². The van der Waals surface area contributed by atoms with Gasteiger partial charge in [0, 0.05) is 11.6 Å². The van der Waals surface area contributed by atoms with Gasteiger partial charge >= 0.3 is 0 Å². The third-order valence-electron chi connectivity index (χ3n) is 4.24. The Kier molecular flexibility index (Phi) is 4.35. The molecule has 0 atom stereocenters. The van der Waals surface area contributed by atoms with Crippen molar-refractivity contribution in [1.82, 2.24) is 5.32 Å². The van der Waals surface area contributed by atoms with Crippen LogP contribution in [-0.2, 0) is 0 Å². The van der Waals surface area contributed by atoms with E-state index in [0.717, 1.165) is 6.42 Å². The number of phenols is 1. The predicted molar refractivity (Wildman–Crippen MR) is 76.6 cm³/mol. The molecular formula is C15H20ClNO2. The molecule has 4 heteroatoms. The minimum absolute atomic E-state index is 0.0676. The van der Waals surface area contributed by atoms with Gasteiger partial charge in [0.1, 0.15) is 5.75 Å². The van der Waals surface area contributed by atoms with Crippen LogP contribution in [0.3, 0.4) is 0 Å². The highest BCUT2D eigenvalue weighted by Gasteiger charge is 2.32. The first-order chi connectivity index (χ1) is 9.06. The molecule has 2 rings (SSSR count). The van der Waals surface area contributed by atoms with E-state index in [-0.39, 0.29) is 22.6 Å². The van der Waals surface area contributed by atoms with Gasteiger partial charge in [-0.15, -0.1) is 0 Å². The first-order valence-electron chi connectivity index (χ1n) is 6.83. The molecule has 1 aromatic carbocycles. The average molecular weight is 282 g/mol. The highest BCUT2D eigenvalue weighted by molar-refractivity contribution is 6.30. The molecule has 1 aliphatic rings. The molecule has 19 heavy (non-hydrogen) atoms. The van der Waals surface area contributed by atoms with Gasteiger partial charge < -0.3 is 10.4 Å². The van der Waals surface area contributed by atoms with Crippen molar-refractivity contribution in [3.8, 4) is 5.75 Å². The number of hydrogen-bond acceptors (Lipinski definition) is 2. The number of halogens is 1. The van der Waals surface area contributed by atoms with Crippen LogP contribution in [0.2, 0.25) is 5.02 Å². The standard InChI is InChI=1S/C15H20ClNO2/c1-2-15(7-3-4-8-15)10-17-14(19)12-6-5-11(16)9-13(12)18/h5-6,9,18H,2-4,7-8,10H2,1H3,(H,17,19). The Bertz CT molecular complexity index is 467. The summed E-state index contributed by atoms with van der Waals surface area (Å²) in [5.41, 5.74) is 0.534. The Balaban J connectivity index is 2.01. The molecule has 1 aliphatic carbocycles. The highest BCUT2D eigenvalue weighted by Crippen LogP contribution is 2.40. The average Bonchev–Trinajstić information content (AvgIpc) is 2.85. The van der Waals surface area contributed by atoms with E-state index in [1.807, 2.05) is 0 Å². The van der Waals surface area contributed by atoms with Gasteiger partial charge in [-0.1, -0.05) is 31.4 Å². The van der Waals surface area contributed by atoms with Crippen molar-refractivity contribution in [3.05, 3.63) is 28.8 Å². The topological polar surface area (TPSA) is 49.3 Å². The molecule has 0 radical (unpaired) electrons. The van der Waals surface area contributed by atoms with Crippen LogP contribution in [0.4, 0.5) is 0 Å². The van der Waals surface area contributed by atoms with Gasteiger partial charge in [-0.25, -0.2) is 0 Å². The zero-order valence-corrected chi connectivity index (χ0v) is 12.0. The molecule has 0 bridgehead atoms. The van der Waals surface area contributed by atoms with Crippen LogP contribution < -0.4 is 5.32 Å². The lowest BCUT2D eigenvalue weighted by Gasteiger charge is -2.27. The van der Waals surface area contributed by atoms with Crippen molar-refractivity contribution < 1.29 is 9.90 Å². The van der Waals surface area contributed by atoms with Gasteiger partial charge in [-0.05, 0) is 42.9 Å². The molecule has 0 unspecified atom stereocenters. The zero-order chi connectivity index (χ0) is 13.9. The van der Waals surface area contributed by atoms with E-state index in [2.05, 4.69) is 12.2 Å². The van der Waals surface area contributed by atoms with E-state index in [4.69, 9.17) is 11.6 Å². The van der Waals surface area contributed by atoms with Crippen molar-refractivity contribution in [2.45, 2.75) is 39.0 Å². The van der Waals surface area contributed by atoms with Gasteiger partial charge in [0.2, 0.25) is 0 Å². The molecule has 0 saturated heterocycles. The van der Waals surface area contributed by atoms with Crippen molar-refractivity contribution in [3.63, 3.8) is 0 Å². The normalized spacial score (nSPS) is 17.4. The Hall–Kier alpha value is -1.22.